The van der Waals surface area contributed by atoms with Gasteiger partial charge in [0.05, 0.1) is 7.11 Å². The highest BCUT2D eigenvalue weighted by atomic mass is 79.9. The first-order chi connectivity index (χ1) is 7.45. The Morgan fingerprint density at radius 3 is 2.56 bits per heavy atom. The second-order valence-electron chi connectivity index (χ2n) is 3.02. The molecular weight excluding hydrogens is 280 g/mol. The molecule has 0 aliphatic heterocycles. The molecule has 2 N–H and O–H groups in total. The van der Waals surface area contributed by atoms with Crippen molar-refractivity contribution in [2.75, 3.05) is 7.11 Å². The van der Waals surface area contributed by atoms with Crippen molar-refractivity contribution in [2.45, 2.75) is 6.42 Å². The van der Waals surface area contributed by atoms with Crippen molar-refractivity contribution in [3.8, 4) is 11.5 Å². The number of carbonyl (C=O) groups is 2. The number of aromatic hydroxyl groups is 1. The lowest BCUT2D eigenvalue weighted by atomic mass is 10.1. The quantitative estimate of drug-likeness (QED) is 0.818. The number of phenols is 1. The molecule has 16 heavy (non-hydrogen) atoms. The van der Waals surface area contributed by atoms with E-state index in [4.69, 9.17) is 9.84 Å². The van der Waals surface area contributed by atoms with Gasteiger partial charge in [0.15, 0.2) is 11.5 Å². The van der Waals surface area contributed by atoms with E-state index in [9.17, 15) is 14.7 Å². The maximum atomic E-state index is 11.0. The molecule has 6 heteroatoms. The number of carboxylic acids is 1. The fourth-order valence-corrected chi connectivity index (χ4v) is 1.60. The second-order valence-corrected chi connectivity index (χ2v) is 3.87. The second kappa shape index (κ2) is 4.98. The number of hydrogen-bond acceptors (Lipinski definition) is 4. The van der Waals surface area contributed by atoms with Gasteiger partial charge in [-0.15, -0.1) is 0 Å². The molecule has 0 saturated heterocycles. The molecule has 0 radical (unpaired) electrons. The van der Waals surface area contributed by atoms with Gasteiger partial charge in [-0.2, -0.15) is 0 Å². The minimum absolute atomic E-state index is 0.140. The van der Waals surface area contributed by atoms with Crippen molar-refractivity contribution in [2.24, 2.45) is 0 Å². The van der Waals surface area contributed by atoms with Crippen LogP contribution in [0.2, 0.25) is 0 Å². The summed E-state index contributed by atoms with van der Waals surface area (Å²) in [4.78, 5) is 21.4. The highest BCUT2D eigenvalue weighted by molar-refractivity contribution is 9.10. The number of benzene rings is 1. The minimum atomic E-state index is -1.50. The number of Topliss-reactive ketones (excluding diaryl/α,β-unsaturated/α-hetero) is 1. The van der Waals surface area contributed by atoms with Crippen molar-refractivity contribution in [1.29, 1.82) is 0 Å². The number of aliphatic carboxylic acids is 1. The van der Waals surface area contributed by atoms with Crippen LogP contribution in [0.15, 0.2) is 16.6 Å². The third kappa shape index (κ3) is 2.73. The molecule has 1 rings (SSSR count). The molecule has 1 aromatic carbocycles. The number of halogens is 1. The van der Waals surface area contributed by atoms with Gasteiger partial charge in [-0.1, -0.05) is 15.9 Å². The van der Waals surface area contributed by atoms with Gasteiger partial charge in [0.1, 0.15) is 0 Å². The van der Waals surface area contributed by atoms with Gasteiger partial charge in [-0.3, -0.25) is 4.79 Å². The Labute approximate surface area is 99.8 Å². The van der Waals surface area contributed by atoms with Gasteiger partial charge in [0.25, 0.3) is 0 Å². The lowest BCUT2D eigenvalue weighted by molar-refractivity contribution is -0.148. The monoisotopic (exact) mass is 288 g/mol. The lowest BCUT2D eigenvalue weighted by Gasteiger charge is -2.07. The zero-order chi connectivity index (χ0) is 12.3. The van der Waals surface area contributed by atoms with Gasteiger partial charge < -0.3 is 14.9 Å². The van der Waals surface area contributed by atoms with Crippen LogP contribution in [0.3, 0.4) is 0 Å². The number of phenolic OH excluding ortho intramolecular Hbond substituents is 1. The Morgan fingerprint density at radius 1 is 1.44 bits per heavy atom. The highest BCUT2D eigenvalue weighted by Crippen LogP contribution is 2.32. The summed E-state index contributed by atoms with van der Waals surface area (Å²) in [6, 6.07) is 2.77. The summed E-state index contributed by atoms with van der Waals surface area (Å²) in [6.07, 6.45) is -0.284. The lowest BCUT2D eigenvalue weighted by Crippen LogP contribution is -2.15. The number of ether oxygens (including phenoxy) is 1. The summed E-state index contributed by atoms with van der Waals surface area (Å²) < 4.78 is 5.36. The number of carbonyl (C=O) groups excluding carboxylic acids is 1. The molecule has 0 heterocycles. The Morgan fingerprint density at radius 2 is 2.06 bits per heavy atom. The van der Waals surface area contributed by atoms with E-state index < -0.39 is 11.8 Å². The van der Waals surface area contributed by atoms with E-state index >= 15 is 0 Å². The topological polar surface area (TPSA) is 83.8 Å². The third-order valence-electron chi connectivity index (χ3n) is 1.94. The summed E-state index contributed by atoms with van der Waals surface area (Å²) in [6.45, 7) is 0. The number of rotatable bonds is 4. The smallest absolute Gasteiger partial charge is 0.372 e. The van der Waals surface area contributed by atoms with Crippen LogP contribution < -0.4 is 4.74 Å². The third-order valence-corrected chi connectivity index (χ3v) is 2.68. The first-order valence-corrected chi connectivity index (χ1v) is 5.06. The Balaban J connectivity index is 3.02. The molecule has 1 aromatic rings. The van der Waals surface area contributed by atoms with Gasteiger partial charge in [-0.25, -0.2) is 4.79 Å². The van der Waals surface area contributed by atoms with E-state index in [1.807, 2.05) is 0 Å². The highest BCUT2D eigenvalue weighted by Gasteiger charge is 2.16. The predicted molar refractivity (Wildman–Crippen MR) is 58.7 cm³/mol. The molecule has 0 fully saturated rings. The average Bonchev–Trinajstić information content (AvgIpc) is 2.22. The van der Waals surface area contributed by atoms with E-state index in [1.165, 1.54) is 19.2 Å². The number of methoxy groups -OCH3 is 1. The minimum Gasteiger partial charge on any atom is -0.504 e. The van der Waals surface area contributed by atoms with E-state index in [0.29, 0.717) is 10.0 Å². The Bertz CT molecular complexity index is 441. The molecule has 0 aliphatic rings. The average molecular weight is 289 g/mol. The summed E-state index contributed by atoms with van der Waals surface area (Å²) in [5.41, 5.74) is 0.394. The van der Waals surface area contributed by atoms with E-state index in [-0.39, 0.29) is 17.9 Å². The molecule has 86 valence electrons. The summed E-state index contributed by atoms with van der Waals surface area (Å²) in [5.74, 6) is -2.33. The van der Waals surface area contributed by atoms with Gasteiger partial charge in [0.2, 0.25) is 5.78 Å². The molecular formula is C10H9BrO5. The van der Waals surface area contributed by atoms with E-state index in [0.717, 1.165) is 0 Å². The van der Waals surface area contributed by atoms with Crippen LogP contribution in [0.25, 0.3) is 0 Å². The van der Waals surface area contributed by atoms with Gasteiger partial charge in [-0.05, 0) is 17.7 Å². The maximum Gasteiger partial charge on any atom is 0.372 e. The van der Waals surface area contributed by atoms with E-state index in [2.05, 4.69) is 15.9 Å². The number of ketones is 1. The van der Waals surface area contributed by atoms with Crippen LogP contribution in [-0.4, -0.2) is 29.1 Å². The van der Waals surface area contributed by atoms with Crippen LogP contribution in [0.4, 0.5) is 0 Å². The summed E-state index contributed by atoms with van der Waals surface area (Å²) in [7, 11) is 1.39. The molecule has 0 spiro atoms. The van der Waals surface area contributed by atoms with Crippen LogP contribution in [0.5, 0.6) is 11.5 Å². The van der Waals surface area contributed by atoms with Crippen LogP contribution in [0.1, 0.15) is 5.56 Å². The fourth-order valence-electron chi connectivity index (χ4n) is 1.13. The molecule has 0 amide bonds. The van der Waals surface area contributed by atoms with Crippen molar-refractivity contribution in [3.05, 3.63) is 22.2 Å². The molecule has 0 bridgehead atoms. The number of hydrogen-bond donors (Lipinski definition) is 2. The summed E-state index contributed by atoms with van der Waals surface area (Å²) in [5, 5.41) is 17.9. The normalized spacial score (nSPS) is 9.88. The zero-order valence-corrected chi connectivity index (χ0v) is 9.94. The Kier molecular flexibility index (Phi) is 3.89. The van der Waals surface area contributed by atoms with Crippen molar-refractivity contribution in [1.82, 2.24) is 0 Å². The first-order valence-electron chi connectivity index (χ1n) is 4.27. The van der Waals surface area contributed by atoms with Gasteiger partial charge >= 0.3 is 5.97 Å². The van der Waals surface area contributed by atoms with Crippen LogP contribution in [-0.2, 0) is 16.0 Å². The number of carboxylic acid groups (broad SMARTS) is 1. The summed E-state index contributed by atoms with van der Waals surface area (Å²) >= 11 is 3.16. The van der Waals surface area contributed by atoms with Gasteiger partial charge in [0, 0.05) is 10.9 Å². The largest absolute Gasteiger partial charge is 0.504 e. The van der Waals surface area contributed by atoms with E-state index in [1.54, 1.807) is 0 Å². The molecule has 0 saturated carbocycles. The predicted octanol–water partition coefficient (Wildman–Crippen LogP) is 1.36. The van der Waals surface area contributed by atoms with Crippen LogP contribution in [0, 0.1) is 0 Å². The molecule has 0 aromatic heterocycles. The zero-order valence-electron chi connectivity index (χ0n) is 8.36. The van der Waals surface area contributed by atoms with Crippen molar-refractivity contribution >= 4 is 27.7 Å². The van der Waals surface area contributed by atoms with Crippen molar-refractivity contribution < 1.29 is 24.5 Å². The van der Waals surface area contributed by atoms with Crippen molar-refractivity contribution in [3.63, 3.8) is 0 Å². The first kappa shape index (κ1) is 12.5. The molecule has 0 unspecified atom stereocenters. The molecule has 0 atom stereocenters. The molecule has 0 aliphatic carbocycles. The SMILES string of the molecule is COc1cc(Br)c(CC(=O)C(=O)O)cc1O. The Hall–Kier alpha value is -1.56. The standard InChI is InChI=1S/C10H9BrO5/c1-16-9-4-6(11)5(2-7(9)12)3-8(13)10(14)15/h2,4,12H,3H2,1H3,(H,14,15). The van der Waals surface area contributed by atoms with Crippen LogP contribution >= 0.6 is 15.9 Å². The molecule has 5 nitrogen and oxygen atoms in total. The maximum absolute atomic E-state index is 11.0. The fraction of sp³-hybridized carbons (Fsp3) is 0.200.